The van der Waals surface area contributed by atoms with Gasteiger partial charge in [-0.2, -0.15) is 0 Å². The molecule has 2 aromatic rings. The first kappa shape index (κ1) is 16.6. The quantitative estimate of drug-likeness (QED) is 0.806. The number of aromatic nitrogens is 1. The molecule has 1 atom stereocenters. The Morgan fingerprint density at radius 1 is 1.41 bits per heavy atom. The van der Waals surface area contributed by atoms with Gasteiger partial charge in [0.2, 0.25) is 0 Å². The van der Waals surface area contributed by atoms with Gasteiger partial charge in [-0.05, 0) is 45.0 Å². The molecule has 2 rings (SSSR count). The van der Waals surface area contributed by atoms with Gasteiger partial charge in [-0.15, -0.1) is 0 Å². The Bertz CT molecular complexity index is 661. The van der Waals surface area contributed by atoms with Gasteiger partial charge in [0.15, 0.2) is 0 Å². The van der Waals surface area contributed by atoms with Crippen LogP contribution in [0.3, 0.4) is 0 Å². The van der Waals surface area contributed by atoms with Gasteiger partial charge in [0.1, 0.15) is 5.60 Å². The zero-order valence-corrected chi connectivity index (χ0v) is 13.8. The maximum absolute atomic E-state index is 11.7. The third-order valence-electron chi connectivity index (χ3n) is 3.22. The fraction of sp³-hybridized carbons (Fsp3) is 0.438. The summed E-state index contributed by atoms with van der Waals surface area (Å²) in [4.78, 5) is 15.0. The van der Waals surface area contributed by atoms with Crippen molar-refractivity contribution >= 4 is 28.6 Å². The second-order valence-electron chi connectivity index (χ2n) is 6.27. The Morgan fingerprint density at radius 3 is 2.77 bits per heavy atom. The highest BCUT2D eigenvalue weighted by Gasteiger charge is 2.18. The van der Waals surface area contributed by atoms with Gasteiger partial charge in [-0.25, -0.2) is 4.79 Å². The van der Waals surface area contributed by atoms with Crippen LogP contribution in [0.1, 0.15) is 32.4 Å². The molecule has 5 nitrogen and oxygen atoms in total. The van der Waals surface area contributed by atoms with Gasteiger partial charge in [0.25, 0.3) is 0 Å². The van der Waals surface area contributed by atoms with Crippen molar-refractivity contribution in [3.05, 3.63) is 35.0 Å². The summed E-state index contributed by atoms with van der Waals surface area (Å²) in [7, 11) is 0. The van der Waals surface area contributed by atoms with E-state index in [-0.39, 0.29) is 5.92 Å². The number of H-pyrrole nitrogens is 1. The molecular formula is C16H22ClN3O2. The van der Waals surface area contributed by atoms with Crippen LogP contribution in [0.2, 0.25) is 5.02 Å². The number of halogens is 1. The van der Waals surface area contributed by atoms with Crippen LogP contribution in [0.15, 0.2) is 24.3 Å². The maximum atomic E-state index is 11.7. The molecule has 0 saturated carbocycles. The summed E-state index contributed by atoms with van der Waals surface area (Å²) < 4.78 is 5.22. The van der Waals surface area contributed by atoms with Crippen molar-refractivity contribution in [3.63, 3.8) is 0 Å². The highest BCUT2D eigenvalue weighted by molar-refractivity contribution is 6.31. The van der Waals surface area contributed by atoms with Crippen LogP contribution < -0.4 is 11.1 Å². The molecule has 0 fully saturated rings. The van der Waals surface area contributed by atoms with Crippen LogP contribution in [0, 0.1) is 0 Å². The fourth-order valence-corrected chi connectivity index (χ4v) is 2.37. The lowest BCUT2D eigenvalue weighted by molar-refractivity contribution is 0.0524. The third kappa shape index (κ3) is 4.39. The second-order valence-corrected chi connectivity index (χ2v) is 6.71. The summed E-state index contributed by atoms with van der Waals surface area (Å²) in [5.41, 5.74) is 7.28. The molecule has 0 radical (unpaired) electrons. The Kier molecular flexibility index (Phi) is 4.98. The standard InChI is InChI=1S/C16H22ClN3O2/c1-16(2,3)22-15(21)19-9-11(8-18)14-7-10-6-12(17)4-5-13(10)20-14/h4-7,11,20H,8-9,18H2,1-3H3,(H,19,21). The second kappa shape index (κ2) is 6.58. The maximum Gasteiger partial charge on any atom is 0.407 e. The summed E-state index contributed by atoms with van der Waals surface area (Å²) in [6.45, 7) is 6.31. The number of carbonyl (C=O) groups is 1. The zero-order valence-electron chi connectivity index (χ0n) is 13.1. The molecule has 6 heteroatoms. The number of fused-ring (bicyclic) bond motifs is 1. The minimum Gasteiger partial charge on any atom is -0.444 e. The molecule has 4 N–H and O–H groups in total. The molecule has 0 aliphatic heterocycles. The number of hydrogen-bond acceptors (Lipinski definition) is 3. The van der Waals surface area contributed by atoms with Crippen molar-refractivity contribution in [2.75, 3.05) is 13.1 Å². The van der Waals surface area contributed by atoms with Crippen molar-refractivity contribution in [2.45, 2.75) is 32.3 Å². The molecule has 1 aromatic carbocycles. The van der Waals surface area contributed by atoms with Crippen LogP contribution in [0.25, 0.3) is 10.9 Å². The lowest BCUT2D eigenvalue weighted by atomic mass is 10.1. The lowest BCUT2D eigenvalue weighted by Crippen LogP contribution is -2.36. The molecule has 1 heterocycles. The Morgan fingerprint density at radius 2 is 2.14 bits per heavy atom. The van der Waals surface area contributed by atoms with E-state index in [2.05, 4.69) is 10.3 Å². The molecule has 1 unspecified atom stereocenters. The summed E-state index contributed by atoms with van der Waals surface area (Å²) in [6.07, 6.45) is -0.440. The number of ether oxygens (including phenoxy) is 1. The largest absolute Gasteiger partial charge is 0.444 e. The SMILES string of the molecule is CC(C)(C)OC(=O)NCC(CN)c1cc2cc(Cl)ccc2[nH]1. The molecule has 22 heavy (non-hydrogen) atoms. The molecule has 120 valence electrons. The van der Waals surface area contributed by atoms with E-state index >= 15 is 0 Å². The average Bonchev–Trinajstić information content (AvgIpc) is 2.80. The van der Waals surface area contributed by atoms with E-state index in [4.69, 9.17) is 22.1 Å². The normalized spacial score (nSPS) is 13.1. The Labute approximate surface area is 135 Å². The first-order valence-electron chi connectivity index (χ1n) is 7.23. The van der Waals surface area contributed by atoms with Gasteiger partial charge in [0, 0.05) is 40.6 Å². The van der Waals surface area contributed by atoms with E-state index in [1.54, 1.807) is 0 Å². The molecule has 0 bridgehead atoms. The first-order chi connectivity index (χ1) is 10.3. The van der Waals surface area contributed by atoms with Crippen LogP contribution in [-0.2, 0) is 4.74 Å². The predicted octanol–water partition coefficient (Wildman–Crippen LogP) is 3.39. The van der Waals surface area contributed by atoms with E-state index in [9.17, 15) is 4.79 Å². The molecule has 0 saturated heterocycles. The van der Waals surface area contributed by atoms with E-state index in [0.29, 0.717) is 18.1 Å². The highest BCUT2D eigenvalue weighted by Crippen LogP contribution is 2.23. The number of rotatable bonds is 4. The highest BCUT2D eigenvalue weighted by atomic mass is 35.5. The van der Waals surface area contributed by atoms with Gasteiger partial charge < -0.3 is 20.8 Å². The van der Waals surface area contributed by atoms with Crippen molar-refractivity contribution in [3.8, 4) is 0 Å². The number of nitrogens with one attached hydrogen (secondary N) is 2. The third-order valence-corrected chi connectivity index (χ3v) is 3.45. The minimum absolute atomic E-state index is 0.0151. The van der Waals surface area contributed by atoms with Gasteiger partial charge >= 0.3 is 6.09 Å². The van der Waals surface area contributed by atoms with Crippen LogP contribution in [-0.4, -0.2) is 29.8 Å². The zero-order chi connectivity index (χ0) is 16.3. The molecule has 1 aromatic heterocycles. The Hall–Kier alpha value is -1.72. The Balaban J connectivity index is 2.05. The van der Waals surface area contributed by atoms with E-state index in [1.807, 2.05) is 45.0 Å². The van der Waals surface area contributed by atoms with Crippen LogP contribution in [0.5, 0.6) is 0 Å². The van der Waals surface area contributed by atoms with E-state index < -0.39 is 11.7 Å². The van der Waals surface area contributed by atoms with Crippen LogP contribution in [0.4, 0.5) is 4.79 Å². The fourth-order valence-electron chi connectivity index (χ4n) is 2.19. The van der Waals surface area contributed by atoms with Crippen LogP contribution >= 0.6 is 11.6 Å². The van der Waals surface area contributed by atoms with E-state index in [1.165, 1.54) is 0 Å². The minimum atomic E-state index is -0.514. The topological polar surface area (TPSA) is 80.1 Å². The molecule has 1 amide bonds. The summed E-state index contributed by atoms with van der Waals surface area (Å²) in [5, 5.41) is 4.47. The average molecular weight is 324 g/mol. The summed E-state index contributed by atoms with van der Waals surface area (Å²) in [5.74, 6) is -0.0151. The van der Waals surface area contributed by atoms with E-state index in [0.717, 1.165) is 16.6 Å². The van der Waals surface area contributed by atoms with Crippen molar-refractivity contribution < 1.29 is 9.53 Å². The number of nitrogens with two attached hydrogens (primary N) is 1. The predicted molar refractivity (Wildman–Crippen MR) is 89.3 cm³/mol. The number of hydrogen-bond donors (Lipinski definition) is 3. The van der Waals surface area contributed by atoms with Gasteiger partial charge in [-0.1, -0.05) is 11.6 Å². The smallest absolute Gasteiger partial charge is 0.407 e. The number of alkyl carbamates (subject to hydrolysis) is 1. The monoisotopic (exact) mass is 323 g/mol. The molecule has 0 aliphatic rings. The lowest BCUT2D eigenvalue weighted by Gasteiger charge is -2.21. The molecule has 0 spiro atoms. The van der Waals surface area contributed by atoms with Crippen molar-refractivity contribution in [1.29, 1.82) is 0 Å². The number of aromatic amines is 1. The van der Waals surface area contributed by atoms with Crippen molar-refractivity contribution in [1.82, 2.24) is 10.3 Å². The molecular weight excluding hydrogens is 302 g/mol. The van der Waals surface area contributed by atoms with Crippen molar-refractivity contribution in [2.24, 2.45) is 5.73 Å². The first-order valence-corrected chi connectivity index (χ1v) is 7.61. The number of benzene rings is 1. The van der Waals surface area contributed by atoms with Gasteiger partial charge in [-0.3, -0.25) is 0 Å². The van der Waals surface area contributed by atoms with Gasteiger partial charge in [0.05, 0.1) is 0 Å². The number of carbonyl (C=O) groups excluding carboxylic acids is 1. The summed E-state index contributed by atoms with van der Waals surface area (Å²) in [6, 6.07) is 7.66. The number of amides is 1. The summed E-state index contributed by atoms with van der Waals surface area (Å²) >= 11 is 5.99. The molecule has 0 aliphatic carbocycles.